The summed E-state index contributed by atoms with van der Waals surface area (Å²) in [7, 11) is 0. The molecule has 0 atom stereocenters. The Labute approximate surface area is 178 Å². The summed E-state index contributed by atoms with van der Waals surface area (Å²) in [6.07, 6.45) is 3.30. The number of hydrogen-bond donors (Lipinski definition) is 0. The lowest BCUT2D eigenvalue weighted by Crippen LogP contribution is -2.49. The number of fused-ring (bicyclic) bond motifs is 1. The molecule has 0 radical (unpaired) electrons. The van der Waals surface area contributed by atoms with E-state index in [0.717, 1.165) is 36.2 Å². The topological polar surface area (TPSA) is 67.2 Å². The van der Waals surface area contributed by atoms with Crippen molar-refractivity contribution in [2.24, 2.45) is 0 Å². The molecule has 0 N–H and O–H groups in total. The second-order valence-electron chi connectivity index (χ2n) is 7.22. The van der Waals surface area contributed by atoms with Gasteiger partial charge in [-0.3, -0.25) is 4.79 Å². The SMILES string of the molecule is CCn1c(-c2nc(C(=O)N3CCN(c4ccncn4)CC3)cs2)cc2ccccc21. The van der Waals surface area contributed by atoms with E-state index >= 15 is 0 Å². The standard InChI is InChI=1S/C22H22N6OS/c1-2-28-18-6-4-3-5-16(18)13-19(28)21-25-17(14-30-21)22(29)27-11-9-26(10-12-27)20-7-8-23-15-24-20/h3-8,13-15H,2,9-12H2,1H3. The molecule has 1 fully saturated rings. The quantitative estimate of drug-likeness (QED) is 0.507. The minimum atomic E-state index is -0.000929. The van der Waals surface area contributed by atoms with E-state index in [-0.39, 0.29) is 5.91 Å². The first-order chi connectivity index (χ1) is 14.7. The fourth-order valence-electron chi connectivity index (χ4n) is 3.99. The Morgan fingerprint density at radius 1 is 1.13 bits per heavy atom. The number of rotatable bonds is 4. The Hall–Kier alpha value is -3.26. The number of hydrogen-bond acceptors (Lipinski definition) is 6. The van der Waals surface area contributed by atoms with E-state index in [4.69, 9.17) is 4.98 Å². The third-order valence-electron chi connectivity index (χ3n) is 5.53. The molecule has 4 aromatic rings. The van der Waals surface area contributed by atoms with Crippen LogP contribution in [-0.4, -0.2) is 56.5 Å². The fraction of sp³-hybridized carbons (Fsp3) is 0.273. The predicted molar refractivity (Wildman–Crippen MR) is 119 cm³/mol. The van der Waals surface area contributed by atoms with Crippen LogP contribution in [0.2, 0.25) is 0 Å². The minimum absolute atomic E-state index is 0.000929. The summed E-state index contributed by atoms with van der Waals surface area (Å²) in [6.45, 7) is 5.81. The van der Waals surface area contributed by atoms with Gasteiger partial charge in [-0.1, -0.05) is 18.2 Å². The molecular weight excluding hydrogens is 396 g/mol. The van der Waals surface area contributed by atoms with Gasteiger partial charge in [0.15, 0.2) is 0 Å². The Morgan fingerprint density at radius 3 is 2.73 bits per heavy atom. The lowest BCUT2D eigenvalue weighted by Gasteiger charge is -2.35. The number of piperazine rings is 1. The van der Waals surface area contributed by atoms with E-state index < -0.39 is 0 Å². The molecule has 1 saturated heterocycles. The normalized spacial score (nSPS) is 14.4. The van der Waals surface area contributed by atoms with Gasteiger partial charge in [-0.2, -0.15) is 0 Å². The zero-order valence-corrected chi connectivity index (χ0v) is 17.5. The molecule has 0 spiro atoms. The first kappa shape index (κ1) is 18.7. The van der Waals surface area contributed by atoms with E-state index in [1.165, 1.54) is 22.2 Å². The van der Waals surface area contributed by atoms with Crippen LogP contribution >= 0.6 is 11.3 Å². The number of anilines is 1. The molecule has 8 heteroatoms. The highest BCUT2D eigenvalue weighted by Gasteiger charge is 2.25. The Balaban J connectivity index is 1.33. The maximum Gasteiger partial charge on any atom is 0.273 e. The molecular formula is C22H22N6OS. The van der Waals surface area contributed by atoms with Crippen molar-refractivity contribution < 1.29 is 4.79 Å². The van der Waals surface area contributed by atoms with Gasteiger partial charge in [0, 0.05) is 55.2 Å². The summed E-state index contributed by atoms with van der Waals surface area (Å²) in [5.41, 5.74) is 2.79. The molecule has 152 valence electrons. The van der Waals surface area contributed by atoms with Crippen molar-refractivity contribution in [3.8, 4) is 10.7 Å². The molecule has 4 heterocycles. The van der Waals surface area contributed by atoms with E-state index in [9.17, 15) is 4.79 Å². The molecule has 1 amide bonds. The maximum atomic E-state index is 13.0. The van der Waals surface area contributed by atoms with Crippen LogP contribution in [-0.2, 0) is 6.54 Å². The van der Waals surface area contributed by atoms with Crippen LogP contribution in [0.15, 0.2) is 54.3 Å². The van der Waals surface area contributed by atoms with Gasteiger partial charge in [-0.25, -0.2) is 15.0 Å². The predicted octanol–water partition coefficient (Wildman–Crippen LogP) is 3.54. The van der Waals surface area contributed by atoms with Gasteiger partial charge in [0.1, 0.15) is 22.8 Å². The lowest BCUT2D eigenvalue weighted by atomic mass is 10.2. The number of benzene rings is 1. The zero-order chi connectivity index (χ0) is 20.5. The summed E-state index contributed by atoms with van der Waals surface area (Å²) >= 11 is 1.53. The van der Waals surface area contributed by atoms with Crippen LogP contribution < -0.4 is 4.90 Å². The number of aryl methyl sites for hydroxylation is 1. The molecule has 5 rings (SSSR count). The fourth-order valence-corrected chi connectivity index (χ4v) is 4.81. The van der Waals surface area contributed by atoms with Crippen LogP contribution in [0.25, 0.3) is 21.6 Å². The maximum absolute atomic E-state index is 13.0. The number of amides is 1. The van der Waals surface area contributed by atoms with E-state index in [1.807, 2.05) is 22.4 Å². The average molecular weight is 419 g/mol. The van der Waals surface area contributed by atoms with Crippen LogP contribution in [0.3, 0.4) is 0 Å². The van der Waals surface area contributed by atoms with Gasteiger partial charge in [0.2, 0.25) is 0 Å². The lowest BCUT2D eigenvalue weighted by molar-refractivity contribution is 0.0741. The highest BCUT2D eigenvalue weighted by Crippen LogP contribution is 2.30. The highest BCUT2D eigenvalue weighted by molar-refractivity contribution is 7.13. The first-order valence-corrected chi connectivity index (χ1v) is 11.0. The summed E-state index contributed by atoms with van der Waals surface area (Å²) in [5.74, 6) is 0.902. The van der Waals surface area contributed by atoms with E-state index in [0.29, 0.717) is 18.8 Å². The number of carbonyl (C=O) groups excluding carboxylic acids is 1. The second kappa shape index (κ2) is 7.87. The largest absolute Gasteiger partial charge is 0.353 e. The number of para-hydroxylation sites is 1. The number of aromatic nitrogens is 4. The number of nitrogens with zero attached hydrogens (tertiary/aromatic N) is 6. The molecule has 1 aliphatic rings. The van der Waals surface area contributed by atoms with Crippen LogP contribution in [0.5, 0.6) is 0 Å². The highest BCUT2D eigenvalue weighted by atomic mass is 32.1. The first-order valence-electron chi connectivity index (χ1n) is 10.1. The molecule has 1 aromatic carbocycles. The molecule has 1 aliphatic heterocycles. The minimum Gasteiger partial charge on any atom is -0.353 e. The molecule has 0 unspecified atom stereocenters. The van der Waals surface area contributed by atoms with Crippen molar-refractivity contribution in [1.29, 1.82) is 0 Å². The summed E-state index contributed by atoms with van der Waals surface area (Å²) in [6, 6.07) is 12.4. The molecule has 0 aliphatic carbocycles. The Bertz CT molecular complexity index is 1180. The average Bonchev–Trinajstić information content (AvgIpc) is 3.44. The van der Waals surface area contributed by atoms with Gasteiger partial charge in [-0.05, 0) is 25.1 Å². The third kappa shape index (κ3) is 3.33. The van der Waals surface area contributed by atoms with Gasteiger partial charge in [0.05, 0.1) is 5.69 Å². The van der Waals surface area contributed by atoms with Crippen LogP contribution in [0.4, 0.5) is 5.82 Å². The molecule has 0 bridgehead atoms. The van der Waals surface area contributed by atoms with Gasteiger partial charge in [0.25, 0.3) is 5.91 Å². The van der Waals surface area contributed by atoms with Crippen LogP contribution in [0.1, 0.15) is 17.4 Å². The number of carbonyl (C=O) groups is 1. The van der Waals surface area contributed by atoms with Crippen LogP contribution in [0, 0.1) is 0 Å². The van der Waals surface area contributed by atoms with Gasteiger partial charge in [-0.15, -0.1) is 11.3 Å². The van der Waals surface area contributed by atoms with Crippen molar-refractivity contribution in [3.05, 3.63) is 60.0 Å². The van der Waals surface area contributed by atoms with Crippen molar-refractivity contribution in [2.75, 3.05) is 31.1 Å². The van der Waals surface area contributed by atoms with Gasteiger partial charge >= 0.3 is 0 Å². The van der Waals surface area contributed by atoms with E-state index in [2.05, 4.69) is 50.6 Å². The van der Waals surface area contributed by atoms with Crippen molar-refractivity contribution in [3.63, 3.8) is 0 Å². The monoisotopic (exact) mass is 418 g/mol. The smallest absolute Gasteiger partial charge is 0.273 e. The third-order valence-corrected chi connectivity index (χ3v) is 6.39. The summed E-state index contributed by atoms with van der Waals surface area (Å²) in [4.78, 5) is 30.1. The van der Waals surface area contributed by atoms with Crippen molar-refractivity contribution >= 4 is 34.0 Å². The molecule has 3 aromatic heterocycles. The second-order valence-corrected chi connectivity index (χ2v) is 8.08. The summed E-state index contributed by atoms with van der Waals surface area (Å²) in [5, 5.41) is 3.96. The number of thiazole rings is 1. The Kier molecular flexibility index (Phi) is 4.92. The van der Waals surface area contributed by atoms with E-state index in [1.54, 1.807) is 12.5 Å². The molecule has 30 heavy (non-hydrogen) atoms. The summed E-state index contributed by atoms with van der Waals surface area (Å²) < 4.78 is 2.25. The van der Waals surface area contributed by atoms with Gasteiger partial charge < -0.3 is 14.4 Å². The Morgan fingerprint density at radius 2 is 1.97 bits per heavy atom. The molecule has 7 nitrogen and oxygen atoms in total. The van der Waals surface area contributed by atoms with Crippen molar-refractivity contribution in [2.45, 2.75) is 13.5 Å². The molecule has 0 saturated carbocycles. The zero-order valence-electron chi connectivity index (χ0n) is 16.7. The van der Waals surface area contributed by atoms with Crippen molar-refractivity contribution in [1.82, 2.24) is 24.4 Å².